The van der Waals surface area contributed by atoms with Crippen molar-refractivity contribution in [3.63, 3.8) is 0 Å². The van der Waals surface area contributed by atoms with Gasteiger partial charge < -0.3 is 14.7 Å². The summed E-state index contributed by atoms with van der Waals surface area (Å²) in [7, 11) is 0. The third-order valence-corrected chi connectivity index (χ3v) is 4.01. The standard InChI is InChI=1S/C13H21NO4/c1-2-11-10(5-7-18-11)12(15)14-6-3-4-9(8-14)13(16)17/h9-11H,2-8H2,1H3,(H,16,17)/t9-,10?,11?/m1/s1. The molecule has 0 aromatic carbocycles. The van der Waals surface area contributed by atoms with Crippen molar-refractivity contribution in [3.05, 3.63) is 0 Å². The molecular formula is C13H21NO4. The molecule has 18 heavy (non-hydrogen) atoms. The van der Waals surface area contributed by atoms with Gasteiger partial charge in [-0.25, -0.2) is 0 Å². The molecule has 102 valence electrons. The van der Waals surface area contributed by atoms with Crippen molar-refractivity contribution < 1.29 is 19.4 Å². The SMILES string of the molecule is CCC1OCCC1C(=O)N1CCC[C@@H](C(=O)O)C1. The molecule has 0 aliphatic carbocycles. The quantitative estimate of drug-likeness (QED) is 0.820. The van der Waals surface area contributed by atoms with Gasteiger partial charge in [0.1, 0.15) is 0 Å². The summed E-state index contributed by atoms with van der Waals surface area (Å²) in [6.07, 6.45) is 3.09. The van der Waals surface area contributed by atoms with Gasteiger partial charge in [-0.3, -0.25) is 9.59 Å². The summed E-state index contributed by atoms with van der Waals surface area (Å²) in [6, 6.07) is 0. The van der Waals surface area contributed by atoms with Crippen LogP contribution in [0.15, 0.2) is 0 Å². The van der Waals surface area contributed by atoms with Crippen molar-refractivity contribution in [2.75, 3.05) is 19.7 Å². The molecule has 0 spiro atoms. The lowest BCUT2D eigenvalue weighted by Crippen LogP contribution is -2.46. The van der Waals surface area contributed by atoms with Crippen molar-refractivity contribution in [3.8, 4) is 0 Å². The molecule has 2 rings (SSSR count). The second-order valence-electron chi connectivity index (χ2n) is 5.17. The topological polar surface area (TPSA) is 66.8 Å². The number of ether oxygens (including phenoxy) is 1. The summed E-state index contributed by atoms with van der Waals surface area (Å²) < 4.78 is 5.54. The van der Waals surface area contributed by atoms with Crippen molar-refractivity contribution >= 4 is 11.9 Å². The normalized spacial score (nSPS) is 32.5. The van der Waals surface area contributed by atoms with E-state index in [4.69, 9.17) is 9.84 Å². The molecule has 2 unspecified atom stereocenters. The minimum absolute atomic E-state index is 0.0164. The molecule has 1 N–H and O–H groups in total. The van der Waals surface area contributed by atoms with E-state index in [1.165, 1.54) is 0 Å². The Balaban J connectivity index is 1.98. The van der Waals surface area contributed by atoms with Crippen LogP contribution in [0.3, 0.4) is 0 Å². The smallest absolute Gasteiger partial charge is 0.308 e. The number of carbonyl (C=O) groups is 2. The van der Waals surface area contributed by atoms with Crippen molar-refractivity contribution in [2.45, 2.75) is 38.7 Å². The lowest BCUT2D eigenvalue weighted by Gasteiger charge is -2.33. The number of carbonyl (C=O) groups excluding carboxylic acids is 1. The molecule has 0 radical (unpaired) electrons. The van der Waals surface area contributed by atoms with E-state index in [0.717, 1.165) is 19.3 Å². The predicted octanol–water partition coefficient (Wildman–Crippen LogP) is 1.12. The number of likely N-dealkylation sites (tertiary alicyclic amines) is 1. The molecular weight excluding hydrogens is 234 g/mol. The molecule has 1 amide bonds. The molecule has 2 aliphatic heterocycles. The summed E-state index contributed by atoms with van der Waals surface area (Å²) in [5.41, 5.74) is 0. The van der Waals surface area contributed by atoms with E-state index in [0.29, 0.717) is 26.1 Å². The van der Waals surface area contributed by atoms with Crippen LogP contribution in [0.1, 0.15) is 32.6 Å². The highest BCUT2D eigenvalue weighted by atomic mass is 16.5. The highest BCUT2D eigenvalue weighted by Gasteiger charge is 2.37. The highest BCUT2D eigenvalue weighted by Crippen LogP contribution is 2.27. The van der Waals surface area contributed by atoms with Crippen LogP contribution in [0.2, 0.25) is 0 Å². The Morgan fingerprint density at radius 1 is 1.39 bits per heavy atom. The number of amides is 1. The molecule has 0 aromatic rings. The maximum absolute atomic E-state index is 12.4. The third kappa shape index (κ3) is 2.66. The summed E-state index contributed by atoms with van der Waals surface area (Å²) in [5, 5.41) is 9.04. The second kappa shape index (κ2) is 5.69. The Morgan fingerprint density at radius 3 is 2.83 bits per heavy atom. The van der Waals surface area contributed by atoms with Crippen molar-refractivity contribution in [1.82, 2.24) is 4.90 Å². The summed E-state index contributed by atoms with van der Waals surface area (Å²) in [5.74, 6) is -1.17. The number of nitrogens with zero attached hydrogens (tertiary/aromatic N) is 1. The van der Waals surface area contributed by atoms with Gasteiger partial charge in [0.2, 0.25) is 5.91 Å². The fourth-order valence-electron chi connectivity index (χ4n) is 2.95. The predicted molar refractivity (Wildman–Crippen MR) is 65.1 cm³/mol. The van der Waals surface area contributed by atoms with Crippen LogP contribution in [-0.4, -0.2) is 47.7 Å². The van der Waals surface area contributed by atoms with E-state index in [9.17, 15) is 9.59 Å². The fourth-order valence-corrected chi connectivity index (χ4v) is 2.95. The van der Waals surface area contributed by atoms with Crippen LogP contribution in [0.5, 0.6) is 0 Å². The van der Waals surface area contributed by atoms with Gasteiger partial charge in [0.05, 0.1) is 17.9 Å². The molecule has 2 saturated heterocycles. The Labute approximate surface area is 107 Å². The first-order valence-corrected chi connectivity index (χ1v) is 6.76. The van der Waals surface area contributed by atoms with Gasteiger partial charge in [0.15, 0.2) is 0 Å². The molecule has 5 nitrogen and oxygen atoms in total. The molecule has 3 atom stereocenters. The molecule has 0 aromatic heterocycles. The number of rotatable bonds is 3. The van der Waals surface area contributed by atoms with Crippen LogP contribution < -0.4 is 0 Å². The monoisotopic (exact) mass is 255 g/mol. The second-order valence-corrected chi connectivity index (χ2v) is 5.17. The maximum atomic E-state index is 12.4. The molecule has 0 bridgehead atoms. The van der Waals surface area contributed by atoms with E-state index >= 15 is 0 Å². The first-order chi connectivity index (χ1) is 8.63. The average Bonchev–Trinajstić information content (AvgIpc) is 2.86. The van der Waals surface area contributed by atoms with E-state index in [1.807, 2.05) is 6.92 Å². The van der Waals surface area contributed by atoms with Gasteiger partial charge in [-0.15, -0.1) is 0 Å². The van der Waals surface area contributed by atoms with E-state index in [-0.39, 0.29) is 17.9 Å². The molecule has 0 saturated carbocycles. The zero-order valence-corrected chi connectivity index (χ0v) is 10.8. The van der Waals surface area contributed by atoms with E-state index in [2.05, 4.69) is 0 Å². The van der Waals surface area contributed by atoms with Gasteiger partial charge >= 0.3 is 5.97 Å². The van der Waals surface area contributed by atoms with Crippen molar-refractivity contribution in [2.24, 2.45) is 11.8 Å². The summed E-state index contributed by atoms with van der Waals surface area (Å²) in [4.78, 5) is 25.1. The number of carboxylic acid groups (broad SMARTS) is 1. The summed E-state index contributed by atoms with van der Waals surface area (Å²) in [6.45, 7) is 3.72. The number of hydrogen-bond acceptors (Lipinski definition) is 3. The number of carboxylic acids is 1. The first-order valence-electron chi connectivity index (χ1n) is 6.76. The van der Waals surface area contributed by atoms with E-state index < -0.39 is 11.9 Å². The Bertz CT molecular complexity index is 331. The van der Waals surface area contributed by atoms with Crippen LogP contribution in [0.4, 0.5) is 0 Å². The molecule has 5 heteroatoms. The van der Waals surface area contributed by atoms with Crippen LogP contribution >= 0.6 is 0 Å². The zero-order valence-electron chi connectivity index (χ0n) is 10.8. The minimum atomic E-state index is -0.790. The molecule has 2 aliphatic rings. The maximum Gasteiger partial charge on any atom is 0.308 e. The van der Waals surface area contributed by atoms with Crippen LogP contribution in [0.25, 0.3) is 0 Å². The lowest BCUT2D eigenvalue weighted by atomic mass is 9.93. The average molecular weight is 255 g/mol. The van der Waals surface area contributed by atoms with Gasteiger partial charge in [-0.05, 0) is 25.7 Å². The number of piperidine rings is 1. The van der Waals surface area contributed by atoms with Gasteiger partial charge in [-0.2, -0.15) is 0 Å². The first kappa shape index (κ1) is 13.3. The van der Waals surface area contributed by atoms with Crippen LogP contribution in [0, 0.1) is 11.8 Å². The Hall–Kier alpha value is -1.10. The largest absolute Gasteiger partial charge is 0.481 e. The zero-order chi connectivity index (χ0) is 13.1. The molecule has 2 fully saturated rings. The number of hydrogen-bond donors (Lipinski definition) is 1. The Morgan fingerprint density at radius 2 is 2.17 bits per heavy atom. The fraction of sp³-hybridized carbons (Fsp3) is 0.846. The van der Waals surface area contributed by atoms with E-state index in [1.54, 1.807) is 4.90 Å². The summed E-state index contributed by atoms with van der Waals surface area (Å²) >= 11 is 0. The minimum Gasteiger partial charge on any atom is -0.481 e. The lowest BCUT2D eigenvalue weighted by molar-refractivity contribution is -0.147. The number of aliphatic carboxylic acids is 1. The van der Waals surface area contributed by atoms with Gasteiger partial charge in [0.25, 0.3) is 0 Å². The molecule has 2 heterocycles. The highest BCUT2D eigenvalue weighted by molar-refractivity contribution is 5.81. The van der Waals surface area contributed by atoms with Gasteiger partial charge in [0, 0.05) is 19.7 Å². The van der Waals surface area contributed by atoms with Gasteiger partial charge in [-0.1, -0.05) is 6.92 Å². The van der Waals surface area contributed by atoms with Crippen LogP contribution in [-0.2, 0) is 14.3 Å². The van der Waals surface area contributed by atoms with Crippen molar-refractivity contribution in [1.29, 1.82) is 0 Å². The Kier molecular flexibility index (Phi) is 4.22. The third-order valence-electron chi connectivity index (χ3n) is 4.01.